The van der Waals surface area contributed by atoms with E-state index in [-0.39, 0.29) is 16.4 Å². The van der Waals surface area contributed by atoms with E-state index in [9.17, 15) is 13.6 Å². The second kappa shape index (κ2) is 7.27. The van der Waals surface area contributed by atoms with Crippen LogP contribution in [-0.2, 0) is 5.54 Å². The van der Waals surface area contributed by atoms with Crippen molar-refractivity contribution in [2.75, 3.05) is 5.32 Å². The van der Waals surface area contributed by atoms with E-state index in [1.807, 2.05) is 18.7 Å². The summed E-state index contributed by atoms with van der Waals surface area (Å²) in [5.74, 6) is -1.02. The fourth-order valence-electron chi connectivity index (χ4n) is 3.91. The third-order valence-electron chi connectivity index (χ3n) is 5.39. The minimum atomic E-state index is -0.688. The summed E-state index contributed by atoms with van der Waals surface area (Å²) in [5.41, 5.74) is 0.0726. The molecular weight excluding hydrogens is 443 g/mol. The molecule has 4 rings (SSSR count). The molecule has 1 fully saturated rings. The SMILES string of the molecule is CC1(c2cc(C(=O)Nc3ccc(F)cn3)ccc2F)CC2(CCC2)SC([AsH2])=N1. The summed E-state index contributed by atoms with van der Waals surface area (Å²) in [6.07, 6.45) is 5.23. The number of halogens is 2. The molecular formula is C20H20AsF2N3OS. The van der Waals surface area contributed by atoms with Crippen LogP contribution in [0.2, 0.25) is 0 Å². The van der Waals surface area contributed by atoms with Crippen molar-refractivity contribution in [1.82, 2.24) is 4.98 Å². The van der Waals surface area contributed by atoms with Crippen LogP contribution in [0.25, 0.3) is 0 Å². The van der Waals surface area contributed by atoms with Gasteiger partial charge in [0.05, 0.1) is 0 Å². The van der Waals surface area contributed by atoms with Crippen molar-refractivity contribution in [2.24, 2.45) is 4.99 Å². The Hall–Kier alpha value is -1.72. The molecule has 2 aliphatic rings. The van der Waals surface area contributed by atoms with Crippen LogP contribution in [0.5, 0.6) is 0 Å². The van der Waals surface area contributed by atoms with Gasteiger partial charge in [0.25, 0.3) is 0 Å². The molecule has 1 aliphatic carbocycles. The molecule has 2 unspecified atom stereocenters. The zero-order chi connectivity index (χ0) is 19.9. The number of pyridine rings is 1. The van der Waals surface area contributed by atoms with E-state index in [0.717, 1.165) is 29.3 Å². The molecule has 28 heavy (non-hydrogen) atoms. The van der Waals surface area contributed by atoms with Gasteiger partial charge in [-0.3, -0.25) is 0 Å². The van der Waals surface area contributed by atoms with Crippen LogP contribution in [0.1, 0.15) is 48.5 Å². The normalized spacial score (nSPS) is 23.1. The first-order valence-electron chi connectivity index (χ1n) is 9.06. The predicted octanol–water partition coefficient (Wildman–Crippen LogP) is 3.88. The van der Waals surface area contributed by atoms with E-state index in [1.165, 1.54) is 47.5 Å². The number of carbonyl (C=O) groups excluding carboxylic acids is 1. The van der Waals surface area contributed by atoms with Crippen LogP contribution in [0.3, 0.4) is 0 Å². The molecule has 1 aromatic heterocycles. The van der Waals surface area contributed by atoms with Gasteiger partial charge >= 0.3 is 171 Å². The maximum absolute atomic E-state index is 14.8. The van der Waals surface area contributed by atoms with E-state index in [1.54, 1.807) is 6.07 Å². The van der Waals surface area contributed by atoms with Gasteiger partial charge in [-0.05, 0) is 0 Å². The average molecular weight is 463 g/mol. The van der Waals surface area contributed by atoms with E-state index in [0.29, 0.717) is 11.1 Å². The number of benzene rings is 1. The van der Waals surface area contributed by atoms with Crippen LogP contribution in [0.4, 0.5) is 14.6 Å². The molecule has 4 nitrogen and oxygen atoms in total. The molecule has 0 saturated heterocycles. The van der Waals surface area contributed by atoms with Crippen molar-refractivity contribution in [3.8, 4) is 0 Å². The Morgan fingerprint density at radius 1 is 1.25 bits per heavy atom. The van der Waals surface area contributed by atoms with Crippen LogP contribution in [0, 0.1) is 11.6 Å². The molecule has 1 amide bonds. The quantitative estimate of drug-likeness (QED) is 0.704. The van der Waals surface area contributed by atoms with Gasteiger partial charge in [0, 0.05) is 0 Å². The Balaban J connectivity index is 1.64. The van der Waals surface area contributed by atoms with Gasteiger partial charge in [0.15, 0.2) is 0 Å². The standard InChI is InChI=1S/C20H20AsF2N3OS/c1-19(11-20(7-2-8-20)28-18(21)26-19)14-9-12(3-5-15(14)23)17(27)25-16-6-4-13(22)10-24-16/h3-6,9-10H,2,7-8,11,21H2,1H3,(H,24,25,27). The van der Waals surface area contributed by atoms with Crippen LogP contribution < -0.4 is 5.32 Å². The van der Waals surface area contributed by atoms with Crippen molar-refractivity contribution >= 4 is 44.2 Å². The predicted molar refractivity (Wildman–Crippen MR) is 111 cm³/mol. The fraction of sp³-hybridized carbons (Fsp3) is 0.350. The number of nitrogens with one attached hydrogen (secondary N) is 1. The topological polar surface area (TPSA) is 54.4 Å². The summed E-state index contributed by atoms with van der Waals surface area (Å²) >= 11 is 3.29. The van der Waals surface area contributed by atoms with Gasteiger partial charge in [0.2, 0.25) is 0 Å². The number of aliphatic imine (C=N–C) groups is 1. The first-order chi connectivity index (χ1) is 13.3. The molecule has 1 aromatic carbocycles. The number of rotatable bonds is 3. The molecule has 1 spiro atoms. The summed E-state index contributed by atoms with van der Waals surface area (Å²) in [4.78, 5) is 21.2. The molecule has 1 N–H and O–H groups in total. The minimum absolute atomic E-state index is 0.144. The van der Waals surface area contributed by atoms with Gasteiger partial charge in [-0.15, -0.1) is 0 Å². The molecule has 2 atom stereocenters. The number of hydrogen-bond acceptors (Lipinski definition) is 4. The molecule has 1 aliphatic heterocycles. The van der Waals surface area contributed by atoms with Gasteiger partial charge < -0.3 is 0 Å². The number of anilines is 1. The molecule has 1 saturated carbocycles. The maximum atomic E-state index is 14.8. The zero-order valence-electron chi connectivity index (χ0n) is 15.3. The summed E-state index contributed by atoms with van der Waals surface area (Å²) in [6.45, 7) is 1.95. The second-order valence-corrected chi connectivity index (χ2v) is 11.1. The molecule has 146 valence electrons. The summed E-state index contributed by atoms with van der Waals surface area (Å²) in [6, 6.07) is 6.95. The van der Waals surface area contributed by atoms with Gasteiger partial charge in [-0.1, -0.05) is 0 Å². The third-order valence-corrected chi connectivity index (χ3v) is 7.69. The van der Waals surface area contributed by atoms with E-state index in [2.05, 4.69) is 10.3 Å². The number of thioether (sulfide) groups is 1. The number of aromatic nitrogens is 1. The van der Waals surface area contributed by atoms with Crippen LogP contribution >= 0.6 is 11.8 Å². The van der Waals surface area contributed by atoms with Gasteiger partial charge in [0.1, 0.15) is 0 Å². The van der Waals surface area contributed by atoms with E-state index in [4.69, 9.17) is 4.99 Å². The van der Waals surface area contributed by atoms with Crippen LogP contribution in [-0.4, -0.2) is 36.3 Å². The molecule has 2 heterocycles. The van der Waals surface area contributed by atoms with Crippen molar-refractivity contribution in [2.45, 2.75) is 42.9 Å². The van der Waals surface area contributed by atoms with Crippen molar-refractivity contribution in [3.05, 3.63) is 59.3 Å². The van der Waals surface area contributed by atoms with Crippen molar-refractivity contribution in [1.29, 1.82) is 0 Å². The Bertz CT molecular complexity index is 962. The molecule has 8 heteroatoms. The molecule has 0 radical (unpaired) electrons. The van der Waals surface area contributed by atoms with E-state index >= 15 is 0 Å². The summed E-state index contributed by atoms with van der Waals surface area (Å²) in [7, 11) is 0. The Morgan fingerprint density at radius 3 is 2.68 bits per heavy atom. The average Bonchev–Trinajstić information content (AvgIpc) is 2.62. The van der Waals surface area contributed by atoms with Crippen molar-refractivity contribution in [3.63, 3.8) is 0 Å². The molecule has 0 bridgehead atoms. The first-order valence-corrected chi connectivity index (χ1v) is 11.1. The van der Waals surface area contributed by atoms with Gasteiger partial charge in [-0.25, -0.2) is 4.39 Å². The second-order valence-electron chi connectivity index (χ2n) is 7.55. The number of nitrogens with zero attached hydrogens (tertiary/aromatic N) is 2. The van der Waals surface area contributed by atoms with Gasteiger partial charge in [-0.2, -0.15) is 0 Å². The van der Waals surface area contributed by atoms with E-state index < -0.39 is 17.3 Å². The van der Waals surface area contributed by atoms with Crippen molar-refractivity contribution < 1.29 is 13.6 Å². The summed E-state index contributed by atoms with van der Waals surface area (Å²) < 4.78 is 28.9. The zero-order valence-corrected chi connectivity index (χ0v) is 18.6. The Morgan fingerprint density at radius 2 is 2.04 bits per heavy atom. The summed E-state index contributed by atoms with van der Waals surface area (Å²) in [5, 5.41) is 2.62. The number of hydrogen-bond donors (Lipinski definition) is 1. The monoisotopic (exact) mass is 463 g/mol. The van der Waals surface area contributed by atoms with Crippen LogP contribution in [0.15, 0.2) is 41.5 Å². The first kappa shape index (κ1) is 19.6. The number of carbonyl (C=O) groups is 1. The number of amides is 1. The molecule has 2 aromatic rings. The fourth-order valence-corrected chi connectivity index (χ4v) is 7.62. The Labute approximate surface area is 175 Å². The Kier molecular flexibility index (Phi) is 5.08. The third kappa shape index (κ3) is 3.74.